The molecule has 4 rings (SSSR count). The van der Waals surface area contributed by atoms with Gasteiger partial charge in [-0.25, -0.2) is 0 Å². The third kappa shape index (κ3) is 5.31. The van der Waals surface area contributed by atoms with Crippen molar-refractivity contribution in [1.29, 1.82) is 0 Å². The molecule has 2 aliphatic heterocycles. The smallest absolute Gasteiger partial charge is 0.306 e. The number of fused-ring (bicyclic) bond motifs is 1. The van der Waals surface area contributed by atoms with Crippen molar-refractivity contribution in [2.75, 3.05) is 5.32 Å². The normalized spacial score (nSPS) is 17.2. The molecule has 0 saturated carbocycles. The van der Waals surface area contributed by atoms with Gasteiger partial charge in [0.1, 0.15) is 12.6 Å². The van der Waals surface area contributed by atoms with Crippen molar-refractivity contribution in [1.82, 2.24) is 10.2 Å². The van der Waals surface area contributed by atoms with Crippen LogP contribution >= 0.6 is 0 Å². The summed E-state index contributed by atoms with van der Waals surface area (Å²) in [4.78, 5) is 62.3. The Morgan fingerprint density at radius 3 is 2.59 bits per heavy atom. The van der Waals surface area contributed by atoms with E-state index < -0.39 is 11.9 Å². The van der Waals surface area contributed by atoms with Crippen LogP contribution in [0.25, 0.3) is 0 Å². The molecule has 176 valence electrons. The van der Waals surface area contributed by atoms with Crippen LogP contribution in [0.2, 0.25) is 0 Å². The van der Waals surface area contributed by atoms with Gasteiger partial charge in [-0.05, 0) is 30.5 Å². The Balaban J connectivity index is 1.29. The van der Waals surface area contributed by atoms with Gasteiger partial charge in [0, 0.05) is 42.6 Å². The number of nitrogens with one attached hydrogen (secondary N) is 2. The van der Waals surface area contributed by atoms with Gasteiger partial charge in [0.25, 0.3) is 5.91 Å². The van der Waals surface area contributed by atoms with Crippen LogP contribution in [0.4, 0.5) is 5.69 Å². The van der Waals surface area contributed by atoms with E-state index in [1.165, 1.54) is 4.90 Å². The Morgan fingerprint density at radius 2 is 1.82 bits per heavy atom. The summed E-state index contributed by atoms with van der Waals surface area (Å²) in [6, 6.07) is 13.7. The number of anilines is 1. The van der Waals surface area contributed by atoms with Crippen molar-refractivity contribution in [3.63, 3.8) is 0 Å². The van der Waals surface area contributed by atoms with E-state index in [1.54, 1.807) is 18.2 Å². The molecule has 0 radical (unpaired) electrons. The molecule has 0 aromatic heterocycles. The highest BCUT2D eigenvalue weighted by molar-refractivity contribution is 6.06. The zero-order chi connectivity index (χ0) is 24.1. The molecule has 1 fully saturated rings. The Hall–Kier alpha value is -4.01. The molecule has 2 aromatic carbocycles. The number of nitrogens with zero attached hydrogens (tertiary/aromatic N) is 1. The van der Waals surface area contributed by atoms with E-state index in [4.69, 9.17) is 4.74 Å². The summed E-state index contributed by atoms with van der Waals surface area (Å²) >= 11 is 0. The van der Waals surface area contributed by atoms with Crippen LogP contribution in [-0.4, -0.2) is 40.5 Å². The van der Waals surface area contributed by atoms with Gasteiger partial charge in [-0.2, -0.15) is 0 Å². The van der Waals surface area contributed by atoms with Gasteiger partial charge in [0.15, 0.2) is 0 Å². The fraction of sp³-hybridized carbons (Fsp3) is 0.320. The molecule has 0 aliphatic carbocycles. The Kier molecular flexibility index (Phi) is 7.01. The Morgan fingerprint density at radius 1 is 1.03 bits per heavy atom. The second kappa shape index (κ2) is 10.3. The number of imide groups is 1. The Labute approximate surface area is 196 Å². The number of rotatable bonds is 8. The summed E-state index contributed by atoms with van der Waals surface area (Å²) in [6.07, 6.45) is 1.01. The summed E-state index contributed by atoms with van der Waals surface area (Å²) in [5.41, 5.74) is 2.45. The number of carbonyl (C=O) groups is 5. The lowest BCUT2D eigenvalue weighted by Crippen LogP contribution is -2.52. The molecule has 34 heavy (non-hydrogen) atoms. The number of hydrogen-bond acceptors (Lipinski definition) is 6. The zero-order valence-electron chi connectivity index (χ0n) is 18.5. The first-order valence-corrected chi connectivity index (χ1v) is 11.2. The lowest BCUT2D eigenvalue weighted by Gasteiger charge is -2.29. The van der Waals surface area contributed by atoms with Crippen LogP contribution in [0.1, 0.15) is 53.6 Å². The minimum absolute atomic E-state index is 0.120. The molecule has 1 unspecified atom stereocenters. The maximum Gasteiger partial charge on any atom is 0.306 e. The van der Waals surface area contributed by atoms with Gasteiger partial charge in [0.2, 0.25) is 17.7 Å². The highest BCUT2D eigenvalue weighted by Crippen LogP contribution is 2.32. The van der Waals surface area contributed by atoms with Crippen LogP contribution in [0, 0.1) is 0 Å². The van der Waals surface area contributed by atoms with E-state index in [9.17, 15) is 24.0 Å². The zero-order valence-corrected chi connectivity index (χ0v) is 18.5. The van der Waals surface area contributed by atoms with Gasteiger partial charge in [-0.15, -0.1) is 0 Å². The SMILES string of the molecule is O=C1CCC(N2Cc3c(NC(=O)CCCC(=O)OCc4ccccc4)cccc3C2=O)C(=O)N1. The number of piperidine rings is 1. The van der Waals surface area contributed by atoms with E-state index in [-0.39, 0.29) is 62.5 Å². The lowest BCUT2D eigenvalue weighted by molar-refractivity contribution is -0.145. The number of benzene rings is 2. The molecule has 4 amide bonds. The third-order valence-electron chi connectivity index (χ3n) is 5.88. The number of esters is 1. The van der Waals surface area contributed by atoms with E-state index in [1.807, 2.05) is 30.3 Å². The van der Waals surface area contributed by atoms with Crippen molar-refractivity contribution in [2.24, 2.45) is 0 Å². The minimum atomic E-state index is -0.719. The quantitative estimate of drug-likeness (QED) is 0.458. The number of amides is 4. The fourth-order valence-corrected chi connectivity index (χ4v) is 4.12. The second-order valence-corrected chi connectivity index (χ2v) is 8.28. The maximum absolute atomic E-state index is 12.9. The predicted molar refractivity (Wildman–Crippen MR) is 121 cm³/mol. The molecule has 9 nitrogen and oxygen atoms in total. The predicted octanol–water partition coefficient (Wildman–Crippen LogP) is 2.30. The lowest BCUT2D eigenvalue weighted by atomic mass is 10.0. The van der Waals surface area contributed by atoms with Crippen molar-refractivity contribution in [3.05, 3.63) is 65.2 Å². The molecule has 2 heterocycles. The largest absolute Gasteiger partial charge is 0.461 e. The van der Waals surface area contributed by atoms with E-state index in [2.05, 4.69) is 10.6 Å². The van der Waals surface area contributed by atoms with Crippen molar-refractivity contribution < 1.29 is 28.7 Å². The van der Waals surface area contributed by atoms with Crippen molar-refractivity contribution in [3.8, 4) is 0 Å². The average Bonchev–Trinajstić information content (AvgIpc) is 3.16. The summed E-state index contributed by atoms with van der Waals surface area (Å²) in [7, 11) is 0. The van der Waals surface area contributed by atoms with E-state index >= 15 is 0 Å². The summed E-state index contributed by atoms with van der Waals surface area (Å²) in [6.45, 7) is 0.364. The number of carbonyl (C=O) groups excluding carboxylic acids is 5. The molecule has 0 spiro atoms. The maximum atomic E-state index is 12.9. The summed E-state index contributed by atoms with van der Waals surface area (Å²) in [5, 5.41) is 5.08. The molecule has 9 heteroatoms. The highest BCUT2D eigenvalue weighted by atomic mass is 16.5. The monoisotopic (exact) mass is 463 g/mol. The minimum Gasteiger partial charge on any atom is -0.461 e. The van der Waals surface area contributed by atoms with Crippen LogP contribution in [0.3, 0.4) is 0 Å². The van der Waals surface area contributed by atoms with Crippen molar-refractivity contribution in [2.45, 2.75) is 51.3 Å². The first kappa shape index (κ1) is 23.2. The van der Waals surface area contributed by atoms with Gasteiger partial charge in [-0.1, -0.05) is 36.4 Å². The number of hydrogen-bond donors (Lipinski definition) is 2. The molecule has 2 aromatic rings. The molecule has 1 atom stereocenters. The standard InChI is InChI=1S/C25H25N3O6/c29-21(10-5-11-23(31)34-15-16-6-2-1-3-7-16)26-19-9-4-8-17-18(19)14-28(25(17)33)20-12-13-22(30)27-24(20)32/h1-4,6-9,20H,5,10-15H2,(H,26,29)(H,27,30,32). The van der Waals surface area contributed by atoms with Crippen LogP contribution in [0.15, 0.2) is 48.5 Å². The average molecular weight is 463 g/mol. The first-order chi connectivity index (χ1) is 16.4. The van der Waals surface area contributed by atoms with E-state index in [0.29, 0.717) is 23.2 Å². The fourth-order valence-electron chi connectivity index (χ4n) is 4.12. The number of ether oxygens (including phenoxy) is 1. The van der Waals surface area contributed by atoms with Gasteiger partial charge >= 0.3 is 5.97 Å². The Bertz CT molecular complexity index is 1130. The summed E-state index contributed by atoms with van der Waals surface area (Å²) in [5.74, 6) is -1.79. The second-order valence-electron chi connectivity index (χ2n) is 8.28. The molecular weight excluding hydrogens is 438 g/mol. The molecular formula is C25H25N3O6. The first-order valence-electron chi connectivity index (χ1n) is 11.2. The topological polar surface area (TPSA) is 122 Å². The van der Waals surface area contributed by atoms with E-state index in [0.717, 1.165) is 5.56 Å². The molecule has 1 saturated heterocycles. The summed E-state index contributed by atoms with van der Waals surface area (Å²) < 4.78 is 5.22. The molecule has 0 bridgehead atoms. The van der Waals surface area contributed by atoms with Gasteiger partial charge < -0.3 is 15.0 Å². The van der Waals surface area contributed by atoms with Crippen LogP contribution < -0.4 is 10.6 Å². The third-order valence-corrected chi connectivity index (χ3v) is 5.88. The molecule has 2 aliphatic rings. The van der Waals surface area contributed by atoms with Crippen LogP contribution in [-0.2, 0) is 37.1 Å². The van der Waals surface area contributed by atoms with Gasteiger partial charge in [-0.3, -0.25) is 29.3 Å². The molecule has 2 N–H and O–H groups in total. The van der Waals surface area contributed by atoms with Crippen LogP contribution in [0.5, 0.6) is 0 Å². The van der Waals surface area contributed by atoms with Crippen molar-refractivity contribution >= 4 is 35.3 Å². The highest BCUT2D eigenvalue weighted by Gasteiger charge is 2.39. The van der Waals surface area contributed by atoms with Gasteiger partial charge in [0.05, 0.1) is 0 Å².